The van der Waals surface area contributed by atoms with E-state index in [0.29, 0.717) is 18.9 Å². The lowest BCUT2D eigenvalue weighted by Crippen LogP contribution is -2.11. The molecule has 2 aromatic rings. The molecule has 1 atom stereocenters. The molecule has 1 aliphatic heterocycles. The largest absolute Gasteiger partial charge is 0.493 e. The molecule has 1 amide bonds. The molecule has 2 N–H and O–H groups in total. The Morgan fingerprint density at radius 3 is 3.06 bits per heavy atom. The summed E-state index contributed by atoms with van der Waals surface area (Å²) in [7, 11) is 0. The topological polar surface area (TPSA) is 91.2 Å². The molecule has 0 spiro atoms. The van der Waals surface area contributed by atoms with Gasteiger partial charge in [-0.2, -0.15) is 4.98 Å². The third-order valence-corrected chi connectivity index (χ3v) is 2.91. The fraction of sp³-hybridized carbons (Fsp3) is 0.250. The smallest absolute Gasteiger partial charge is 0.315 e. The van der Waals surface area contributed by atoms with E-state index in [1.807, 2.05) is 24.3 Å². The number of carbonyl (C=O) groups is 1. The van der Waals surface area contributed by atoms with E-state index >= 15 is 0 Å². The highest BCUT2D eigenvalue weighted by atomic mass is 16.5. The Morgan fingerprint density at radius 1 is 1.44 bits per heavy atom. The molecule has 92 valence electrons. The van der Waals surface area contributed by atoms with Gasteiger partial charge in [0.05, 0.1) is 6.61 Å². The van der Waals surface area contributed by atoms with Crippen LogP contribution in [0.25, 0.3) is 0 Å². The van der Waals surface area contributed by atoms with Crippen LogP contribution in [0.2, 0.25) is 0 Å². The molecule has 0 fully saturated rings. The molecular formula is C12H11N3O3. The van der Waals surface area contributed by atoms with E-state index in [1.165, 1.54) is 0 Å². The summed E-state index contributed by atoms with van der Waals surface area (Å²) in [5.74, 6) is 0.670. The van der Waals surface area contributed by atoms with E-state index in [9.17, 15) is 4.79 Å². The molecular weight excluding hydrogens is 234 g/mol. The number of hydrogen-bond donors (Lipinski definition) is 1. The van der Waals surface area contributed by atoms with Crippen LogP contribution < -0.4 is 10.5 Å². The monoisotopic (exact) mass is 245 g/mol. The second kappa shape index (κ2) is 4.14. The second-order valence-electron chi connectivity index (χ2n) is 4.13. The number of nitrogens with two attached hydrogens (primary N) is 1. The van der Waals surface area contributed by atoms with Crippen molar-refractivity contribution in [2.45, 2.75) is 12.3 Å². The zero-order valence-corrected chi connectivity index (χ0v) is 9.50. The van der Waals surface area contributed by atoms with Gasteiger partial charge < -0.3 is 15.0 Å². The van der Waals surface area contributed by atoms with Crippen molar-refractivity contribution in [3.8, 4) is 5.75 Å². The molecule has 0 bridgehead atoms. The lowest BCUT2D eigenvalue weighted by Gasteiger charge is -2.04. The predicted octanol–water partition coefficient (Wildman–Crippen LogP) is 0.887. The van der Waals surface area contributed by atoms with Crippen molar-refractivity contribution in [2.24, 2.45) is 5.73 Å². The Kier molecular flexibility index (Phi) is 2.47. The highest BCUT2D eigenvalue weighted by Crippen LogP contribution is 2.34. The molecule has 2 heterocycles. The number of hydrogen-bond acceptors (Lipinski definition) is 5. The Balaban J connectivity index is 1.80. The zero-order valence-electron chi connectivity index (χ0n) is 9.50. The zero-order chi connectivity index (χ0) is 12.5. The molecule has 6 nitrogen and oxygen atoms in total. The van der Waals surface area contributed by atoms with E-state index in [1.54, 1.807) is 0 Å². The summed E-state index contributed by atoms with van der Waals surface area (Å²) in [5.41, 5.74) is 6.18. The van der Waals surface area contributed by atoms with Crippen LogP contribution in [-0.4, -0.2) is 22.7 Å². The van der Waals surface area contributed by atoms with E-state index in [4.69, 9.17) is 15.0 Å². The standard InChI is InChI=1S/C12H11N3O3/c13-11(16)12-14-10(15-18-12)5-7-6-17-9-4-2-1-3-8(7)9/h1-4,7H,5-6H2,(H2,13,16). The van der Waals surface area contributed by atoms with Crippen LogP contribution in [0.5, 0.6) is 5.75 Å². The Morgan fingerprint density at radius 2 is 2.28 bits per heavy atom. The maximum atomic E-state index is 10.9. The van der Waals surface area contributed by atoms with Crippen molar-refractivity contribution in [3.63, 3.8) is 0 Å². The molecule has 0 radical (unpaired) electrons. The third kappa shape index (κ3) is 1.81. The van der Waals surface area contributed by atoms with Gasteiger partial charge in [0.25, 0.3) is 0 Å². The first kappa shape index (κ1) is 10.8. The minimum atomic E-state index is -0.711. The van der Waals surface area contributed by atoms with E-state index < -0.39 is 5.91 Å². The van der Waals surface area contributed by atoms with Gasteiger partial charge in [-0.25, -0.2) is 0 Å². The summed E-state index contributed by atoms with van der Waals surface area (Å²) in [6.45, 7) is 0.583. The fourth-order valence-corrected chi connectivity index (χ4v) is 2.06. The van der Waals surface area contributed by atoms with Crippen molar-refractivity contribution in [2.75, 3.05) is 6.61 Å². The SMILES string of the molecule is NC(=O)c1nc(CC2COc3ccccc32)no1. The average Bonchev–Trinajstić information content (AvgIpc) is 2.98. The van der Waals surface area contributed by atoms with Gasteiger partial charge in [0.2, 0.25) is 0 Å². The number of para-hydroxylation sites is 1. The van der Waals surface area contributed by atoms with Crippen LogP contribution in [0.4, 0.5) is 0 Å². The molecule has 1 aromatic heterocycles. The summed E-state index contributed by atoms with van der Waals surface area (Å²) in [4.78, 5) is 14.8. The number of rotatable bonds is 3. The van der Waals surface area contributed by atoms with Gasteiger partial charge in [-0.1, -0.05) is 23.4 Å². The number of fused-ring (bicyclic) bond motifs is 1. The summed E-state index contributed by atoms with van der Waals surface area (Å²) in [5, 5.41) is 3.73. The summed E-state index contributed by atoms with van der Waals surface area (Å²) in [6.07, 6.45) is 0.563. The number of ether oxygens (including phenoxy) is 1. The highest BCUT2D eigenvalue weighted by Gasteiger charge is 2.26. The van der Waals surface area contributed by atoms with Crippen molar-refractivity contribution in [3.05, 3.63) is 41.5 Å². The summed E-state index contributed by atoms with van der Waals surface area (Å²) >= 11 is 0. The van der Waals surface area contributed by atoms with Crippen molar-refractivity contribution < 1.29 is 14.1 Å². The Labute approximate surface area is 103 Å². The molecule has 18 heavy (non-hydrogen) atoms. The molecule has 1 aromatic carbocycles. The van der Waals surface area contributed by atoms with Crippen LogP contribution in [0, 0.1) is 0 Å². The number of benzene rings is 1. The number of carbonyl (C=O) groups excluding carboxylic acids is 1. The third-order valence-electron chi connectivity index (χ3n) is 2.91. The van der Waals surface area contributed by atoms with E-state index in [2.05, 4.69) is 10.1 Å². The predicted molar refractivity (Wildman–Crippen MR) is 61.2 cm³/mol. The Bertz CT molecular complexity index is 594. The lowest BCUT2D eigenvalue weighted by molar-refractivity contribution is 0.0958. The van der Waals surface area contributed by atoms with Gasteiger partial charge in [0.1, 0.15) is 5.75 Å². The molecule has 1 unspecified atom stereocenters. The number of aromatic nitrogens is 2. The summed E-state index contributed by atoms with van der Waals surface area (Å²) < 4.78 is 10.3. The molecule has 0 aliphatic carbocycles. The number of nitrogens with zero attached hydrogens (tertiary/aromatic N) is 2. The van der Waals surface area contributed by atoms with Crippen molar-refractivity contribution in [1.82, 2.24) is 10.1 Å². The first-order chi connectivity index (χ1) is 8.74. The minimum Gasteiger partial charge on any atom is -0.493 e. The molecule has 3 rings (SSSR count). The lowest BCUT2D eigenvalue weighted by atomic mass is 9.98. The fourth-order valence-electron chi connectivity index (χ4n) is 2.06. The second-order valence-corrected chi connectivity index (χ2v) is 4.13. The minimum absolute atomic E-state index is 0.155. The van der Waals surface area contributed by atoms with E-state index in [-0.39, 0.29) is 11.8 Å². The average molecular weight is 245 g/mol. The van der Waals surface area contributed by atoms with Crippen LogP contribution in [0.3, 0.4) is 0 Å². The van der Waals surface area contributed by atoms with Gasteiger partial charge >= 0.3 is 11.8 Å². The first-order valence-electron chi connectivity index (χ1n) is 5.58. The van der Waals surface area contributed by atoms with Crippen LogP contribution >= 0.6 is 0 Å². The van der Waals surface area contributed by atoms with Crippen molar-refractivity contribution >= 4 is 5.91 Å². The van der Waals surface area contributed by atoms with Crippen LogP contribution in [0.1, 0.15) is 28.0 Å². The maximum Gasteiger partial charge on any atom is 0.315 e. The van der Waals surface area contributed by atoms with Gasteiger partial charge in [0.15, 0.2) is 5.82 Å². The van der Waals surface area contributed by atoms with Gasteiger partial charge in [-0.05, 0) is 6.07 Å². The van der Waals surface area contributed by atoms with Gasteiger partial charge in [0, 0.05) is 17.9 Å². The van der Waals surface area contributed by atoms with E-state index in [0.717, 1.165) is 11.3 Å². The Hall–Kier alpha value is -2.37. The first-order valence-corrected chi connectivity index (χ1v) is 5.58. The van der Waals surface area contributed by atoms with Gasteiger partial charge in [-0.15, -0.1) is 0 Å². The normalized spacial score (nSPS) is 17.2. The molecule has 0 saturated heterocycles. The van der Waals surface area contributed by atoms with Crippen LogP contribution in [-0.2, 0) is 6.42 Å². The quantitative estimate of drug-likeness (QED) is 0.866. The maximum absolute atomic E-state index is 10.9. The van der Waals surface area contributed by atoms with Crippen LogP contribution in [0.15, 0.2) is 28.8 Å². The van der Waals surface area contributed by atoms with Crippen molar-refractivity contribution in [1.29, 1.82) is 0 Å². The highest BCUT2D eigenvalue weighted by molar-refractivity contribution is 5.87. The number of primary amides is 1. The summed E-state index contributed by atoms with van der Waals surface area (Å²) in [6, 6.07) is 7.84. The van der Waals surface area contributed by atoms with Gasteiger partial charge in [-0.3, -0.25) is 4.79 Å². The number of amides is 1. The molecule has 1 aliphatic rings. The molecule has 6 heteroatoms. The molecule has 0 saturated carbocycles.